The summed E-state index contributed by atoms with van der Waals surface area (Å²) in [5.74, 6) is 0. The molecule has 0 unspecified atom stereocenters. The molecule has 2 aromatic carbocycles. The van der Waals surface area contributed by atoms with Crippen molar-refractivity contribution in [2.75, 3.05) is 23.7 Å². The Bertz CT molecular complexity index is 502. The molecule has 0 fully saturated rings. The van der Waals surface area contributed by atoms with Crippen LogP contribution in [0, 0.1) is 0 Å². The van der Waals surface area contributed by atoms with Crippen molar-refractivity contribution in [3.05, 3.63) is 59.7 Å². The van der Waals surface area contributed by atoms with Crippen LogP contribution < -0.4 is 10.6 Å². The van der Waals surface area contributed by atoms with Crippen molar-refractivity contribution >= 4 is 11.4 Å². The first-order valence-electron chi connectivity index (χ1n) is 7.76. The molecule has 0 atom stereocenters. The van der Waals surface area contributed by atoms with E-state index in [4.69, 9.17) is 0 Å². The molecule has 2 N–H and O–H groups in total. The lowest BCUT2D eigenvalue weighted by Gasteiger charge is -2.26. The first-order valence-corrected chi connectivity index (χ1v) is 7.76. The monoisotopic (exact) mass is 282 g/mol. The van der Waals surface area contributed by atoms with Crippen molar-refractivity contribution in [1.29, 1.82) is 0 Å². The third-order valence-corrected chi connectivity index (χ3v) is 3.97. The Morgan fingerprint density at radius 1 is 0.667 bits per heavy atom. The maximum atomic E-state index is 3.34. The average Bonchev–Trinajstić information content (AvgIpc) is 2.49. The summed E-state index contributed by atoms with van der Waals surface area (Å²) >= 11 is 0. The van der Waals surface area contributed by atoms with E-state index < -0.39 is 0 Å². The van der Waals surface area contributed by atoms with Gasteiger partial charge in [0.05, 0.1) is 0 Å². The second-order valence-electron chi connectivity index (χ2n) is 5.84. The minimum Gasteiger partial charge on any atom is -0.385 e. The van der Waals surface area contributed by atoms with E-state index in [-0.39, 0.29) is 5.41 Å². The molecule has 0 aliphatic carbocycles. The molecule has 0 radical (unpaired) electrons. The highest BCUT2D eigenvalue weighted by atomic mass is 14.9. The molecule has 0 saturated carbocycles. The number of benzene rings is 2. The second-order valence-corrected chi connectivity index (χ2v) is 5.84. The molecule has 0 bridgehead atoms. The first kappa shape index (κ1) is 15.4. The van der Waals surface area contributed by atoms with Crippen LogP contribution in [0.4, 0.5) is 11.4 Å². The third-order valence-electron chi connectivity index (χ3n) is 3.97. The first-order chi connectivity index (χ1) is 10.1. The van der Waals surface area contributed by atoms with Gasteiger partial charge in [-0.2, -0.15) is 0 Å². The van der Waals surface area contributed by atoms with Crippen molar-refractivity contribution in [2.24, 2.45) is 0 Å². The van der Waals surface area contributed by atoms with E-state index in [1.807, 2.05) is 0 Å². The number of anilines is 2. The van der Waals surface area contributed by atoms with Crippen molar-refractivity contribution in [2.45, 2.75) is 33.1 Å². The van der Waals surface area contributed by atoms with Crippen molar-refractivity contribution in [3.63, 3.8) is 0 Å². The van der Waals surface area contributed by atoms with E-state index in [1.54, 1.807) is 0 Å². The standard InChI is InChI=1S/C19H26N2/c1-5-20-17-11-7-15(8-12-17)19(3,4)16-9-13-18(14-10-16)21-6-2/h7-14,20-21H,5-6H2,1-4H3. The maximum absolute atomic E-state index is 3.34. The Labute approximate surface area is 128 Å². The molecule has 0 heterocycles. The fourth-order valence-electron chi connectivity index (χ4n) is 2.58. The van der Waals surface area contributed by atoms with Gasteiger partial charge in [-0.3, -0.25) is 0 Å². The lowest BCUT2D eigenvalue weighted by atomic mass is 9.78. The summed E-state index contributed by atoms with van der Waals surface area (Å²) in [4.78, 5) is 0. The van der Waals surface area contributed by atoms with Crippen molar-refractivity contribution < 1.29 is 0 Å². The minimum atomic E-state index is 0.00941. The molecule has 112 valence electrons. The molecule has 0 aromatic heterocycles. The van der Waals surface area contributed by atoms with Gasteiger partial charge in [0.15, 0.2) is 0 Å². The number of hydrogen-bond acceptors (Lipinski definition) is 2. The highest BCUT2D eigenvalue weighted by Crippen LogP contribution is 2.32. The van der Waals surface area contributed by atoms with E-state index in [0.29, 0.717) is 0 Å². The highest BCUT2D eigenvalue weighted by Gasteiger charge is 2.22. The summed E-state index contributed by atoms with van der Waals surface area (Å²) < 4.78 is 0. The zero-order valence-corrected chi connectivity index (χ0v) is 13.5. The smallest absolute Gasteiger partial charge is 0.0340 e. The average molecular weight is 282 g/mol. The number of hydrogen-bond donors (Lipinski definition) is 2. The third kappa shape index (κ3) is 3.57. The van der Waals surface area contributed by atoms with Gasteiger partial charge in [-0.05, 0) is 49.2 Å². The molecule has 2 heteroatoms. The molecule has 0 spiro atoms. The van der Waals surface area contributed by atoms with E-state index in [1.165, 1.54) is 22.5 Å². The Morgan fingerprint density at radius 3 is 1.29 bits per heavy atom. The van der Waals surface area contributed by atoms with Crippen LogP contribution in [0.15, 0.2) is 48.5 Å². The fraction of sp³-hybridized carbons (Fsp3) is 0.368. The summed E-state index contributed by atoms with van der Waals surface area (Å²) in [6.07, 6.45) is 0. The molecule has 0 aliphatic heterocycles. The normalized spacial score (nSPS) is 11.2. The molecule has 0 amide bonds. The second kappa shape index (κ2) is 6.66. The predicted molar refractivity (Wildman–Crippen MR) is 93.3 cm³/mol. The Kier molecular flexibility index (Phi) is 4.89. The van der Waals surface area contributed by atoms with Gasteiger partial charge < -0.3 is 10.6 Å². The van der Waals surface area contributed by atoms with Crippen LogP contribution in [0.25, 0.3) is 0 Å². The molecule has 0 aliphatic rings. The van der Waals surface area contributed by atoms with Crippen LogP contribution in [-0.4, -0.2) is 13.1 Å². The topological polar surface area (TPSA) is 24.1 Å². The van der Waals surface area contributed by atoms with Crippen LogP contribution in [0.3, 0.4) is 0 Å². The van der Waals surface area contributed by atoms with Gasteiger partial charge in [0.1, 0.15) is 0 Å². The SMILES string of the molecule is CCNc1ccc(C(C)(C)c2ccc(NCC)cc2)cc1. The van der Waals surface area contributed by atoms with Gasteiger partial charge in [-0.25, -0.2) is 0 Å². The molecular weight excluding hydrogens is 256 g/mol. The van der Waals surface area contributed by atoms with Gasteiger partial charge >= 0.3 is 0 Å². The summed E-state index contributed by atoms with van der Waals surface area (Å²) in [6, 6.07) is 17.5. The Balaban J connectivity index is 2.23. The zero-order valence-electron chi connectivity index (χ0n) is 13.5. The number of rotatable bonds is 6. The van der Waals surface area contributed by atoms with Gasteiger partial charge in [0, 0.05) is 29.9 Å². The molecule has 2 rings (SSSR count). The van der Waals surface area contributed by atoms with Gasteiger partial charge in [0.2, 0.25) is 0 Å². The molecule has 0 saturated heterocycles. The molecule has 2 nitrogen and oxygen atoms in total. The molecular formula is C19H26N2. The quantitative estimate of drug-likeness (QED) is 0.789. The summed E-state index contributed by atoms with van der Waals surface area (Å²) in [7, 11) is 0. The summed E-state index contributed by atoms with van der Waals surface area (Å²) in [5, 5.41) is 6.68. The highest BCUT2D eigenvalue weighted by molar-refractivity contribution is 5.50. The Morgan fingerprint density at radius 2 is 1.00 bits per heavy atom. The Hall–Kier alpha value is -1.96. The van der Waals surface area contributed by atoms with E-state index in [2.05, 4.69) is 86.9 Å². The van der Waals surface area contributed by atoms with Crippen LogP contribution >= 0.6 is 0 Å². The lowest BCUT2D eigenvalue weighted by molar-refractivity contribution is 0.641. The minimum absolute atomic E-state index is 0.00941. The van der Waals surface area contributed by atoms with Gasteiger partial charge in [0.25, 0.3) is 0 Å². The summed E-state index contributed by atoms with van der Waals surface area (Å²) in [5.41, 5.74) is 5.04. The predicted octanol–water partition coefficient (Wildman–Crippen LogP) is 4.88. The molecule has 21 heavy (non-hydrogen) atoms. The zero-order chi connectivity index (χ0) is 15.3. The van der Waals surface area contributed by atoms with Gasteiger partial charge in [-0.15, -0.1) is 0 Å². The lowest BCUT2D eigenvalue weighted by Crippen LogP contribution is -2.18. The van der Waals surface area contributed by atoms with Crippen molar-refractivity contribution in [1.82, 2.24) is 0 Å². The van der Waals surface area contributed by atoms with E-state index >= 15 is 0 Å². The number of nitrogens with one attached hydrogen (secondary N) is 2. The van der Waals surface area contributed by atoms with E-state index in [9.17, 15) is 0 Å². The van der Waals surface area contributed by atoms with Crippen molar-refractivity contribution in [3.8, 4) is 0 Å². The molecule has 2 aromatic rings. The summed E-state index contributed by atoms with van der Waals surface area (Å²) in [6.45, 7) is 10.7. The van der Waals surface area contributed by atoms with Crippen LogP contribution in [-0.2, 0) is 5.41 Å². The van der Waals surface area contributed by atoms with Crippen LogP contribution in [0.5, 0.6) is 0 Å². The van der Waals surface area contributed by atoms with Crippen LogP contribution in [0.2, 0.25) is 0 Å². The van der Waals surface area contributed by atoms with Gasteiger partial charge in [-0.1, -0.05) is 38.1 Å². The fourth-order valence-corrected chi connectivity index (χ4v) is 2.58. The maximum Gasteiger partial charge on any atom is 0.0340 e. The largest absolute Gasteiger partial charge is 0.385 e. The van der Waals surface area contributed by atoms with E-state index in [0.717, 1.165) is 13.1 Å². The van der Waals surface area contributed by atoms with Crippen LogP contribution in [0.1, 0.15) is 38.8 Å².